The van der Waals surface area contributed by atoms with Crippen LogP contribution in [0.5, 0.6) is 0 Å². The number of anilines is 1. The fraction of sp³-hybridized carbons (Fsp3) is 0.333. The number of aromatic nitrogens is 1. The lowest BCUT2D eigenvalue weighted by molar-refractivity contribution is 0.0519. The van der Waals surface area contributed by atoms with E-state index in [0.29, 0.717) is 29.5 Å². The molecule has 0 aliphatic rings. The molecule has 0 atom stereocenters. The van der Waals surface area contributed by atoms with Gasteiger partial charge in [0.2, 0.25) is 0 Å². The first-order valence-corrected chi connectivity index (χ1v) is 7.43. The molecule has 0 saturated heterocycles. The monoisotopic (exact) mass is 308 g/mol. The predicted molar refractivity (Wildman–Crippen MR) is 81.3 cm³/mol. The lowest BCUT2D eigenvalue weighted by atomic mass is 10.2. The number of hydrogen-bond donors (Lipinski definition) is 0. The van der Waals surface area contributed by atoms with Crippen LogP contribution in [0, 0.1) is 12.7 Å². The number of thiazole rings is 1. The van der Waals surface area contributed by atoms with Crippen LogP contribution in [0.2, 0.25) is 0 Å². The summed E-state index contributed by atoms with van der Waals surface area (Å²) in [5.41, 5.74) is 0.919. The predicted octanol–water partition coefficient (Wildman–Crippen LogP) is 3.40. The average Bonchev–Trinajstić information content (AvgIpc) is 2.84. The lowest BCUT2D eigenvalue weighted by Gasteiger charge is -2.16. The zero-order chi connectivity index (χ0) is 15.4. The normalized spacial score (nSPS) is 10.5. The molecule has 0 N–H and O–H groups in total. The number of benzene rings is 1. The number of ether oxygens (including phenoxy) is 1. The van der Waals surface area contributed by atoms with Crippen molar-refractivity contribution in [3.8, 4) is 0 Å². The van der Waals surface area contributed by atoms with E-state index in [4.69, 9.17) is 4.74 Å². The first-order valence-electron chi connectivity index (χ1n) is 6.62. The van der Waals surface area contributed by atoms with Gasteiger partial charge in [-0.15, -0.1) is 11.3 Å². The van der Waals surface area contributed by atoms with Gasteiger partial charge in [-0.05, 0) is 19.9 Å². The van der Waals surface area contributed by atoms with Crippen LogP contribution in [-0.2, 0) is 11.3 Å². The molecule has 0 spiro atoms. The van der Waals surface area contributed by atoms with Gasteiger partial charge in [-0.2, -0.15) is 0 Å². The summed E-state index contributed by atoms with van der Waals surface area (Å²) in [6.07, 6.45) is 0. The van der Waals surface area contributed by atoms with Crippen molar-refractivity contribution in [2.75, 3.05) is 18.6 Å². The van der Waals surface area contributed by atoms with Gasteiger partial charge in [0.1, 0.15) is 5.82 Å². The fourth-order valence-electron chi connectivity index (χ4n) is 1.88. The lowest BCUT2D eigenvalue weighted by Crippen LogP contribution is -2.17. The van der Waals surface area contributed by atoms with Gasteiger partial charge in [-0.25, -0.2) is 14.2 Å². The van der Waals surface area contributed by atoms with E-state index >= 15 is 0 Å². The van der Waals surface area contributed by atoms with Gasteiger partial charge in [0.25, 0.3) is 0 Å². The molecule has 6 heteroatoms. The van der Waals surface area contributed by atoms with E-state index in [9.17, 15) is 9.18 Å². The third-order valence-corrected chi connectivity index (χ3v) is 4.03. The Hall–Kier alpha value is -1.95. The Balaban J connectivity index is 2.17. The Morgan fingerprint density at radius 2 is 2.14 bits per heavy atom. The quantitative estimate of drug-likeness (QED) is 0.794. The first kappa shape index (κ1) is 15.4. The standard InChI is InChI=1S/C15H17FN2O2S/c1-4-20-14(19)13-10(2)21-15(17-13)18(3)9-11-7-5-6-8-12(11)16/h5-8H,4,9H2,1-3H3. The number of carbonyl (C=O) groups excluding carboxylic acids is 1. The van der Waals surface area contributed by atoms with E-state index in [2.05, 4.69) is 4.98 Å². The minimum absolute atomic E-state index is 0.247. The number of rotatable bonds is 5. The summed E-state index contributed by atoms with van der Waals surface area (Å²) in [6.45, 7) is 4.28. The minimum atomic E-state index is -0.420. The summed E-state index contributed by atoms with van der Waals surface area (Å²) in [7, 11) is 1.82. The Labute approximate surface area is 127 Å². The van der Waals surface area contributed by atoms with Gasteiger partial charge in [-0.1, -0.05) is 18.2 Å². The molecule has 0 saturated carbocycles. The number of nitrogens with zero attached hydrogens (tertiary/aromatic N) is 2. The highest BCUT2D eigenvalue weighted by Gasteiger charge is 2.18. The van der Waals surface area contributed by atoms with Gasteiger partial charge >= 0.3 is 5.97 Å². The average molecular weight is 308 g/mol. The van der Waals surface area contributed by atoms with Crippen molar-refractivity contribution in [2.45, 2.75) is 20.4 Å². The molecule has 4 nitrogen and oxygen atoms in total. The van der Waals surface area contributed by atoms with E-state index in [1.165, 1.54) is 17.4 Å². The zero-order valence-electron chi connectivity index (χ0n) is 12.2. The molecular weight excluding hydrogens is 291 g/mol. The van der Waals surface area contributed by atoms with Crippen LogP contribution >= 0.6 is 11.3 Å². The van der Waals surface area contributed by atoms with Crippen LogP contribution in [0.3, 0.4) is 0 Å². The molecule has 2 rings (SSSR count). The van der Waals surface area contributed by atoms with Crippen molar-refractivity contribution in [2.24, 2.45) is 0 Å². The third-order valence-electron chi connectivity index (χ3n) is 2.95. The molecule has 0 aliphatic carbocycles. The molecule has 0 aliphatic heterocycles. The molecule has 112 valence electrons. The second-order valence-electron chi connectivity index (χ2n) is 4.57. The number of aryl methyl sites for hydroxylation is 1. The smallest absolute Gasteiger partial charge is 0.358 e. The molecule has 21 heavy (non-hydrogen) atoms. The molecule has 2 aromatic rings. The van der Waals surface area contributed by atoms with Crippen molar-refractivity contribution in [3.63, 3.8) is 0 Å². The largest absolute Gasteiger partial charge is 0.461 e. The summed E-state index contributed by atoms with van der Waals surface area (Å²) in [6, 6.07) is 6.62. The molecule has 0 unspecified atom stereocenters. The molecule has 1 aromatic carbocycles. The Kier molecular flexibility index (Phi) is 4.90. The molecule has 1 aromatic heterocycles. The van der Waals surface area contributed by atoms with Crippen molar-refractivity contribution >= 4 is 22.4 Å². The van der Waals surface area contributed by atoms with Crippen molar-refractivity contribution in [1.82, 2.24) is 4.98 Å². The number of carbonyl (C=O) groups is 1. The molecule has 1 heterocycles. The molecular formula is C15H17FN2O2S. The Bertz CT molecular complexity index is 642. The van der Waals surface area contributed by atoms with Crippen LogP contribution in [-0.4, -0.2) is 24.6 Å². The highest BCUT2D eigenvalue weighted by atomic mass is 32.1. The summed E-state index contributed by atoms with van der Waals surface area (Å²) < 4.78 is 18.6. The zero-order valence-corrected chi connectivity index (χ0v) is 13.0. The van der Waals surface area contributed by atoms with Crippen molar-refractivity contribution in [1.29, 1.82) is 0 Å². The van der Waals surface area contributed by atoms with Gasteiger partial charge in [0.05, 0.1) is 6.61 Å². The molecule has 0 bridgehead atoms. The van der Waals surface area contributed by atoms with Crippen LogP contribution in [0.15, 0.2) is 24.3 Å². The SMILES string of the molecule is CCOC(=O)c1nc(N(C)Cc2ccccc2F)sc1C. The number of hydrogen-bond acceptors (Lipinski definition) is 5. The van der Waals surface area contributed by atoms with Crippen molar-refractivity contribution < 1.29 is 13.9 Å². The van der Waals surface area contributed by atoms with Crippen LogP contribution < -0.4 is 4.90 Å². The first-order chi connectivity index (χ1) is 10.0. The summed E-state index contributed by atoms with van der Waals surface area (Å²) in [5, 5.41) is 0.666. The fourth-order valence-corrected chi connectivity index (χ4v) is 2.74. The second kappa shape index (κ2) is 6.67. The maximum atomic E-state index is 13.7. The molecule has 0 radical (unpaired) electrons. The van der Waals surface area contributed by atoms with E-state index in [1.807, 2.05) is 18.9 Å². The van der Waals surface area contributed by atoms with Gasteiger partial charge in [0.15, 0.2) is 10.8 Å². The summed E-state index contributed by atoms with van der Waals surface area (Å²) in [4.78, 5) is 18.7. The second-order valence-corrected chi connectivity index (χ2v) is 5.75. The topological polar surface area (TPSA) is 42.4 Å². The van der Waals surface area contributed by atoms with Crippen LogP contribution in [0.4, 0.5) is 9.52 Å². The Morgan fingerprint density at radius 3 is 2.81 bits per heavy atom. The summed E-state index contributed by atoms with van der Waals surface area (Å²) >= 11 is 1.39. The molecule has 0 fully saturated rings. The highest BCUT2D eigenvalue weighted by molar-refractivity contribution is 7.15. The number of halogens is 1. The van der Waals surface area contributed by atoms with E-state index in [1.54, 1.807) is 25.1 Å². The van der Waals surface area contributed by atoms with Crippen molar-refractivity contribution in [3.05, 3.63) is 46.2 Å². The Morgan fingerprint density at radius 1 is 1.43 bits per heavy atom. The van der Waals surface area contributed by atoms with E-state index < -0.39 is 5.97 Å². The van der Waals surface area contributed by atoms with E-state index in [0.717, 1.165) is 4.88 Å². The third kappa shape index (κ3) is 3.58. The number of esters is 1. The van der Waals surface area contributed by atoms with Gasteiger partial charge in [-0.3, -0.25) is 0 Å². The van der Waals surface area contributed by atoms with Gasteiger partial charge in [0, 0.05) is 24.0 Å². The maximum absolute atomic E-state index is 13.7. The maximum Gasteiger partial charge on any atom is 0.358 e. The van der Waals surface area contributed by atoms with Crippen LogP contribution in [0.1, 0.15) is 27.9 Å². The summed E-state index contributed by atoms with van der Waals surface area (Å²) in [5.74, 6) is -0.667. The highest BCUT2D eigenvalue weighted by Crippen LogP contribution is 2.26. The van der Waals surface area contributed by atoms with Crippen LogP contribution in [0.25, 0.3) is 0 Å². The van der Waals surface area contributed by atoms with E-state index in [-0.39, 0.29) is 5.82 Å². The molecule has 0 amide bonds. The minimum Gasteiger partial charge on any atom is -0.461 e. The van der Waals surface area contributed by atoms with Gasteiger partial charge < -0.3 is 9.64 Å².